The van der Waals surface area contributed by atoms with E-state index >= 15 is 0 Å². The third-order valence-electron chi connectivity index (χ3n) is 2.22. The van der Waals surface area contributed by atoms with Crippen molar-refractivity contribution in [2.24, 2.45) is 0 Å². The van der Waals surface area contributed by atoms with E-state index < -0.39 is 0 Å². The number of nitrogens with one attached hydrogen (secondary N) is 1. The third kappa shape index (κ3) is 1.52. The largest absolute Gasteiger partial charge is 0.310 e. The van der Waals surface area contributed by atoms with Crippen molar-refractivity contribution in [2.75, 3.05) is 6.54 Å². The number of rotatable bonds is 1. The number of hydrogen-bond donors (Lipinski definition) is 1. The lowest BCUT2D eigenvalue weighted by molar-refractivity contribution is 0.641. The second-order valence-electron chi connectivity index (χ2n) is 3.03. The van der Waals surface area contributed by atoms with Crippen LogP contribution in [0.3, 0.4) is 0 Å². The molecule has 0 unspecified atom stereocenters. The van der Waals surface area contributed by atoms with Crippen LogP contribution >= 0.6 is 15.9 Å². The lowest BCUT2D eigenvalue weighted by Gasteiger charge is -2.10. The fourth-order valence-corrected chi connectivity index (χ4v) is 2.14. The first-order valence-corrected chi connectivity index (χ1v) is 5.01. The maximum Gasteiger partial charge on any atom is 0.110 e. The lowest BCUT2D eigenvalue weighted by atomic mass is 10.1. The fourth-order valence-electron chi connectivity index (χ4n) is 1.61. The number of halogens is 1. The smallest absolute Gasteiger partial charge is 0.110 e. The van der Waals surface area contributed by atoms with E-state index in [2.05, 4.69) is 32.3 Å². The molecule has 3 heteroatoms. The van der Waals surface area contributed by atoms with Crippen LogP contribution < -0.4 is 5.32 Å². The zero-order valence-electron chi connectivity index (χ0n) is 6.76. The van der Waals surface area contributed by atoms with Gasteiger partial charge in [0.05, 0.1) is 0 Å². The van der Waals surface area contributed by atoms with Crippen LogP contribution in [0.2, 0.25) is 0 Å². The van der Waals surface area contributed by atoms with E-state index in [1.54, 1.807) is 0 Å². The minimum absolute atomic E-state index is 0.507. The van der Waals surface area contributed by atoms with Crippen LogP contribution in [0.5, 0.6) is 0 Å². The van der Waals surface area contributed by atoms with Gasteiger partial charge in [0.25, 0.3) is 0 Å². The highest BCUT2D eigenvalue weighted by Gasteiger charge is 2.18. The standard InChI is InChI=1S/C9H11BrN2/c10-9-7(3-1-6-12-9)8-4-2-5-11-8/h1,3,6,8,11H,2,4-5H2/t8-/m0/s1. The number of pyridine rings is 1. The summed E-state index contributed by atoms with van der Waals surface area (Å²) in [5.74, 6) is 0. The Morgan fingerprint density at radius 3 is 3.17 bits per heavy atom. The van der Waals surface area contributed by atoms with Crippen LogP contribution in [0.15, 0.2) is 22.9 Å². The van der Waals surface area contributed by atoms with Crippen LogP contribution in [-0.4, -0.2) is 11.5 Å². The quantitative estimate of drug-likeness (QED) is 0.744. The molecule has 0 aromatic carbocycles. The van der Waals surface area contributed by atoms with E-state index in [1.165, 1.54) is 18.4 Å². The molecule has 0 amide bonds. The molecular formula is C9H11BrN2. The normalized spacial score (nSPS) is 22.9. The molecule has 0 radical (unpaired) electrons. The highest BCUT2D eigenvalue weighted by molar-refractivity contribution is 9.10. The molecule has 1 N–H and O–H groups in total. The molecule has 1 aliphatic heterocycles. The summed E-state index contributed by atoms with van der Waals surface area (Å²) in [5.41, 5.74) is 1.29. The molecule has 64 valence electrons. The number of hydrogen-bond acceptors (Lipinski definition) is 2. The zero-order chi connectivity index (χ0) is 8.39. The molecule has 1 saturated heterocycles. The second kappa shape index (κ2) is 3.54. The summed E-state index contributed by atoms with van der Waals surface area (Å²) in [5, 5.41) is 3.44. The van der Waals surface area contributed by atoms with Gasteiger partial charge in [0.15, 0.2) is 0 Å². The highest BCUT2D eigenvalue weighted by atomic mass is 79.9. The SMILES string of the molecule is Brc1ncccc1[C@@H]1CCCN1. The van der Waals surface area contributed by atoms with E-state index in [4.69, 9.17) is 0 Å². The fraction of sp³-hybridized carbons (Fsp3) is 0.444. The molecule has 0 saturated carbocycles. The van der Waals surface area contributed by atoms with Gasteiger partial charge in [-0.3, -0.25) is 0 Å². The molecule has 0 spiro atoms. The van der Waals surface area contributed by atoms with Crippen molar-refractivity contribution in [3.8, 4) is 0 Å². The second-order valence-corrected chi connectivity index (χ2v) is 3.78. The molecule has 1 aromatic rings. The molecule has 0 bridgehead atoms. The topological polar surface area (TPSA) is 24.9 Å². The monoisotopic (exact) mass is 226 g/mol. The van der Waals surface area contributed by atoms with Gasteiger partial charge in [-0.05, 0) is 41.4 Å². The third-order valence-corrected chi connectivity index (χ3v) is 2.89. The van der Waals surface area contributed by atoms with E-state index in [-0.39, 0.29) is 0 Å². The highest BCUT2D eigenvalue weighted by Crippen LogP contribution is 2.27. The zero-order valence-corrected chi connectivity index (χ0v) is 8.34. The van der Waals surface area contributed by atoms with Gasteiger partial charge in [0.2, 0.25) is 0 Å². The molecule has 12 heavy (non-hydrogen) atoms. The first kappa shape index (κ1) is 8.20. The predicted octanol–water partition coefficient (Wildman–Crippen LogP) is 2.27. The molecule has 1 atom stereocenters. The maximum absolute atomic E-state index is 4.20. The van der Waals surface area contributed by atoms with Gasteiger partial charge in [0, 0.05) is 17.8 Å². The molecule has 2 rings (SSSR count). The summed E-state index contributed by atoms with van der Waals surface area (Å²) in [6.07, 6.45) is 4.30. The van der Waals surface area contributed by atoms with Crippen LogP contribution in [0.25, 0.3) is 0 Å². The summed E-state index contributed by atoms with van der Waals surface area (Å²) in [6, 6.07) is 4.62. The minimum Gasteiger partial charge on any atom is -0.310 e. The van der Waals surface area contributed by atoms with Crippen molar-refractivity contribution < 1.29 is 0 Å². The summed E-state index contributed by atoms with van der Waals surface area (Å²) in [6.45, 7) is 1.13. The molecule has 2 heterocycles. The molecule has 2 nitrogen and oxygen atoms in total. The molecule has 1 fully saturated rings. The summed E-state index contributed by atoms with van der Waals surface area (Å²) >= 11 is 3.46. The van der Waals surface area contributed by atoms with Gasteiger partial charge in [-0.15, -0.1) is 0 Å². The Balaban J connectivity index is 2.26. The Hall–Kier alpha value is -0.410. The summed E-state index contributed by atoms with van der Waals surface area (Å²) in [4.78, 5) is 4.20. The Labute approximate surface area is 80.5 Å². The first-order chi connectivity index (χ1) is 5.88. The number of nitrogens with zero attached hydrogens (tertiary/aromatic N) is 1. The number of aromatic nitrogens is 1. The Morgan fingerprint density at radius 1 is 1.58 bits per heavy atom. The van der Waals surface area contributed by atoms with Crippen molar-refractivity contribution in [1.82, 2.24) is 10.3 Å². The van der Waals surface area contributed by atoms with Crippen LogP contribution in [0, 0.1) is 0 Å². The molecular weight excluding hydrogens is 216 g/mol. The van der Waals surface area contributed by atoms with Crippen molar-refractivity contribution in [1.29, 1.82) is 0 Å². The van der Waals surface area contributed by atoms with Gasteiger partial charge in [-0.2, -0.15) is 0 Å². The van der Waals surface area contributed by atoms with Gasteiger partial charge in [0.1, 0.15) is 4.60 Å². The average Bonchev–Trinajstić information content (AvgIpc) is 2.57. The van der Waals surface area contributed by atoms with Crippen LogP contribution in [0.4, 0.5) is 0 Å². The molecule has 0 aliphatic carbocycles. The van der Waals surface area contributed by atoms with E-state index in [0.717, 1.165) is 11.1 Å². The Bertz CT molecular complexity index is 269. The van der Waals surface area contributed by atoms with E-state index in [0.29, 0.717) is 6.04 Å². The van der Waals surface area contributed by atoms with Crippen LogP contribution in [0.1, 0.15) is 24.4 Å². The minimum atomic E-state index is 0.507. The lowest BCUT2D eigenvalue weighted by Crippen LogP contribution is -2.13. The molecule has 1 aromatic heterocycles. The van der Waals surface area contributed by atoms with Crippen molar-refractivity contribution in [3.05, 3.63) is 28.5 Å². The van der Waals surface area contributed by atoms with E-state index in [9.17, 15) is 0 Å². The van der Waals surface area contributed by atoms with Crippen molar-refractivity contribution in [3.63, 3.8) is 0 Å². The van der Waals surface area contributed by atoms with Crippen molar-refractivity contribution >= 4 is 15.9 Å². The van der Waals surface area contributed by atoms with E-state index in [1.807, 2.05) is 12.3 Å². The van der Waals surface area contributed by atoms with Gasteiger partial charge >= 0.3 is 0 Å². The molecule has 1 aliphatic rings. The first-order valence-electron chi connectivity index (χ1n) is 4.22. The Morgan fingerprint density at radius 2 is 2.50 bits per heavy atom. The van der Waals surface area contributed by atoms with Gasteiger partial charge in [-0.1, -0.05) is 6.07 Å². The van der Waals surface area contributed by atoms with Gasteiger partial charge < -0.3 is 5.32 Å². The predicted molar refractivity (Wildman–Crippen MR) is 51.9 cm³/mol. The van der Waals surface area contributed by atoms with Gasteiger partial charge in [-0.25, -0.2) is 4.98 Å². The average molecular weight is 227 g/mol. The Kier molecular flexibility index (Phi) is 2.42. The summed E-state index contributed by atoms with van der Waals surface area (Å²) in [7, 11) is 0. The maximum atomic E-state index is 4.20. The van der Waals surface area contributed by atoms with Crippen molar-refractivity contribution in [2.45, 2.75) is 18.9 Å². The van der Waals surface area contributed by atoms with Crippen LogP contribution in [-0.2, 0) is 0 Å². The summed E-state index contributed by atoms with van der Waals surface area (Å²) < 4.78 is 0.976.